The lowest BCUT2D eigenvalue weighted by Gasteiger charge is -2.19. The third kappa shape index (κ3) is 3.28. The lowest BCUT2D eigenvalue weighted by atomic mass is 10.0. The van der Waals surface area contributed by atoms with E-state index in [4.69, 9.17) is 4.74 Å². The number of ether oxygens (including phenoxy) is 1. The number of aromatic nitrogens is 1. The second kappa shape index (κ2) is 6.28. The van der Waals surface area contributed by atoms with Gasteiger partial charge in [0.2, 0.25) is 0 Å². The molecule has 1 atom stereocenters. The number of hydrogen-bond acceptors (Lipinski definition) is 3. The number of nitrogens with zero attached hydrogens (tertiary/aromatic N) is 1. The van der Waals surface area contributed by atoms with Crippen LogP contribution in [0.4, 0.5) is 0 Å². The predicted molar refractivity (Wildman–Crippen MR) is 87.6 cm³/mol. The monoisotopic (exact) mass is 312 g/mol. The van der Waals surface area contributed by atoms with Gasteiger partial charge in [0.1, 0.15) is 11.3 Å². The molecule has 3 rings (SSSR count). The van der Waals surface area contributed by atoms with Crippen LogP contribution >= 0.6 is 0 Å². The molecule has 1 N–H and O–H groups in total. The van der Waals surface area contributed by atoms with E-state index in [0.29, 0.717) is 5.92 Å². The fourth-order valence-corrected chi connectivity index (χ4v) is 2.70. The molecule has 120 valence electrons. The van der Waals surface area contributed by atoms with Gasteiger partial charge in [0, 0.05) is 13.2 Å². The van der Waals surface area contributed by atoms with Gasteiger partial charge in [-0.25, -0.2) is 0 Å². The van der Waals surface area contributed by atoms with Crippen molar-refractivity contribution in [2.75, 3.05) is 7.11 Å². The summed E-state index contributed by atoms with van der Waals surface area (Å²) in [5.41, 5.74) is 0.929. The van der Waals surface area contributed by atoms with Crippen molar-refractivity contribution in [2.45, 2.75) is 18.9 Å². The van der Waals surface area contributed by atoms with Crippen LogP contribution < -0.4 is 15.6 Å². The molecule has 5 nitrogen and oxygen atoms in total. The van der Waals surface area contributed by atoms with Gasteiger partial charge in [-0.2, -0.15) is 0 Å². The number of carbonyl (C=O) groups excluding carboxylic acids is 1. The third-order valence-electron chi connectivity index (χ3n) is 4.22. The molecule has 0 saturated heterocycles. The standard InChI is InChI=1S/C18H20N2O3/c1-20-11-3-4-15(18(20)22)17(21)19-16(12-5-6-12)13-7-9-14(23-2)10-8-13/h3-4,7-12,16H,5-6H2,1-2H3,(H,19,21). The maximum Gasteiger partial charge on any atom is 0.263 e. The van der Waals surface area contributed by atoms with Gasteiger partial charge >= 0.3 is 0 Å². The first-order valence-electron chi connectivity index (χ1n) is 7.70. The molecule has 1 heterocycles. The van der Waals surface area contributed by atoms with Crippen molar-refractivity contribution >= 4 is 5.91 Å². The highest BCUT2D eigenvalue weighted by molar-refractivity contribution is 5.94. The van der Waals surface area contributed by atoms with Gasteiger partial charge in [-0.1, -0.05) is 12.1 Å². The fraction of sp³-hybridized carbons (Fsp3) is 0.333. The van der Waals surface area contributed by atoms with E-state index in [2.05, 4.69) is 5.32 Å². The van der Waals surface area contributed by atoms with Crippen LogP contribution in [0, 0.1) is 5.92 Å². The van der Waals surface area contributed by atoms with E-state index >= 15 is 0 Å². The normalized spacial score (nSPS) is 15.0. The molecule has 1 aliphatic carbocycles. The molecule has 1 saturated carbocycles. The Hall–Kier alpha value is -2.56. The smallest absolute Gasteiger partial charge is 0.263 e. The zero-order valence-electron chi connectivity index (χ0n) is 13.3. The van der Waals surface area contributed by atoms with E-state index in [9.17, 15) is 9.59 Å². The summed E-state index contributed by atoms with van der Waals surface area (Å²) in [7, 11) is 3.27. The highest BCUT2D eigenvalue weighted by atomic mass is 16.5. The summed E-state index contributed by atoms with van der Waals surface area (Å²) in [6.07, 6.45) is 3.81. The predicted octanol–water partition coefficient (Wildman–Crippen LogP) is 2.28. The van der Waals surface area contributed by atoms with E-state index in [1.54, 1.807) is 32.5 Å². The molecule has 23 heavy (non-hydrogen) atoms. The zero-order chi connectivity index (χ0) is 16.4. The highest BCUT2D eigenvalue weighted by Gasteiger charge is 2.34. The number of aryl methyl sites for hydroxylation is 1. The van der Waals surface area contributed by atoms with Crippen molar-refractivity contribution in [1.82, 2.24) is 9.88 Å². The molecule has 1 amide bonds. The van der Waals surface area contributed by atoms with Crippen LogP contribution in [-0.4, -0.2) is 17.6 Å². The average Bonchev–Trinajstić information content (AvgIpc) is 3.40. The second-order valence-electron chi connectivity index (χ2n) is 5.90. The van der Waals surface area contributed by atoms with Crippen molar-refractivity contribution in [3.63, 3.8) is 0 Å². The quantitative estimate of drug-likeness (QED) is 0.921. The Morgan fingerprint density at radius 2 is 1.96 bits per heavy atom. The Morgan fingerprint density at radius 3 is 2.57 bits per heavy atom. The van der Waals surface area contributed by atoms with Gasteiger partial charge < -0.3 is 14.6 Å². The number of rotatable bonds is 5. The molecule has 0 bridgehead atoms. The summed E-state index contributed by atoms with van der Waals surface area (Å²) >= 11 is 0. The first-order chi connectivity index (χ1) is 11.1. The number of benzene rings is 1. The summed E-state index contributed by atoms with van der Waals surface area (Å²) < 4.78 is 6.58. The average molecular weight is 312 g/mol. The second-order valence-corrected chi connectivity index (χ2v) is 5.90. The minimum Gasteiger partial charge on any atom is -0.497 e. The number of nitrogens with one attached hydrogen (secondary N) is 1. The molecule has 0 spiro atoms. The van der Waals surface area contributed by atoms with E-state index < -0.39 is 0 Å². The molecule has 1 aromatic heterocycles. The molecule has 0 aliphatic heterocycles. The lowest BCUT2D eigenvalue weighted by Crippen LogP contribution is -2.35. The van der Waals surface area contributed by atoms with Gasteiger partial charge in [-0.15, -0.1) is 0 Å². The SMILES string of the molecule is COc1ccc(C(NC(=O)c2cccn(C)c2=O)C2CC2)cc1. The minimum atomic E-state index is -0.320. The Kier molecular flexibility index (Phi) is 4.19. The van der Waals surface area contributed by atoms with Crippen LogP contribution in [-0.2, 0) is 7.05 Å². The lowest BCUT2D eigenvalue weighted by molar-refractivity contribution is 0.0929. The van der Waals surface area contributed by atoms with Gasteiger partial charge in [0.25, 0.3) is 11.5 Å². The van der Waals surface area contributed by atoms with E-state index in [1.807, 2.05) is 24.3 Å². The summed E-state index contributed by atoms with van der Waals surface area (Å²) in [5, 5.41) is 3.02. The molecule has 0 radical (unpaired) electrons. The van der Waals surface area contributed by atoms with Gasteiger partial charge in [0.15, 0.2) is 0 Å². The van der Waals surface area contributed by atoms with E-state index in [-0.39, 0.29) is 23.1 Å². The van der Waals surface area contributed by atoms with Crippen LogP contribution in [0.5, 0.6) is 5.75 Å². The summed E-state index contributed by atoms with van der Waals surface area (Å²) in [6.45, 7) is 0. The molecule has 1 fully saturated rings. The largest absolute Gasteiger partial charge is 0.497 e. The van der Waals surface area contributed by atoms with Crippen molar-refractivity contribution in [3.8, 4) is 5.75 Å². The molecular formula is C18H20N2O3. The van der Waals surface area contributed by atoms with Crippen molar-refractivity contribution in [3.05, 3.63) is 64.1 Å². The maximum atomic E-state index is 12.5. The molecule has 5 heteroatoms. The highest BCUT2D eigenvalue weighted by Crippen LogP contribution is 2.41. The number of carbonyl (C=O) groups is 1. The molecular weight excluding hydrogens is 292 g/mol. The summed E-state index contributed by atoms with van der Waals surface area (Å²) in [4.78, 5) is 24.6. The van der Waals surface area contributed by atoms with Crippen molar-refractivity contribution < 1.29 is 9.53 Å². The number of hydrogen-bond donors (Lipinski definition) is 1. The van der Waals surface area contributed by atoms with Crippen LogP contribution in [0.15, 0.2) is 47.4 Å². The van der Waals surface area contributed by atoms with Gasteiger partial charge in [-0.05, 0) is 48.6 Å². The van der Waals surface area contributed by atoms with E-state index in [1.165, 1.54) is 4.57 Å². The molecule has 2 aromatic rings. The maximum absolute atomic E-state index is 12.5. The molecule has 1 unspecified atom stereocenters. The van der Waals surface area contributed by atoms with Gasteiger partial charge in [-0.3, -0.25) is 9.59 Å². The Morgan fingerprint density at radius 1 is 1.26 bits per heavy atom. The van der Waals surface area contributed by atoms with Crippen molar-refractivity contribution in [1.29, 1.82) is 0 Å². The fourth-order valence-electron chi connectivity index (χ4n) is 2.70. The summed E-state index contributed by atoms with van der Waals surface area (Å²) in [5.74, 6) is 0.894. The topological polar surface area (TPSA) is 60.3 Å². The van der Waals surface area contributed by atoms with Crippen LogP contribution in [0.1, 0.15) is 34.8 Å². The zero-order valence-corrected chi connectivity index (χ0v) is 13.3. The van der Waals surface area contributed by atoms with Crippen LogP contribution in [0.25, 0.3) is 0 Å². The van der Waals surface area contributed by atoms with Crippen LogP contribution in [0.3, 0.4) is 0 Å². The third-order valence-corrected chi connectivity index (χ3v) is 4.22. The number of methoxy groups -OCH3 is 1. The molecule has 1 aliphatic rings. The number of amides is 1. The summed E-state index contributed by atoms with van der Waals surface area (Å²) in [6, 6.07) is 10.9. The van der Waals surface area contributed by atoms with E-state index in [0.717, 1.165) is 24.2 Å². The minimum absolute atomic E-state index is 0.0710. The number of pyridine rings is 1. The Bertz CT molecular complexity index is 761. The molecule has 1 aromatic carbocycles. The Labute approximate surface area is 134 Å². The van der Waals surface area contributed by atoms with Gasteiger partial charge in [0.05, 0.1) is 13.2 Å². The first kappa shape index (κ1) is 15.3. The first-order valence-corrected chi connectivity index (χ1v) is 7.70. The Balaban J connectivity index is 1.83. The van der Waals surface area contributed by atoms with Crippen molar-refractivity contribution in [2.24, 2.45) is 13.0 Å². The van der Waals surface area contributed by atoms with Crippen LogP contribution in [0.2, 0.25) is 0 Å².